The molecule has 0 unspecified atom stereocenters. The van der Waals surface area contributed by atoms with E-state index in [1.165, 1.54) is 4.88 Å². The maximum atomic E-state index is 12.5. The first-order chi connectivity index (χ1) is 11.5. The number of rotatable bonds is 9. The first-order valence-electron chi connectivity index (χ1n) is 7.76. The largest absolute Gasteiger partial charge is 0.497 e. The summed E-state index contributed by atoms with van der Waals surface area (Å²) in [5, 5.41) is 11.2. The monoisotopic (exact) mass is 369 g/mol. The van der Waals surface area contributed by atoms with Gasteiger partial charge in [-0.05, 0) is 60.9 Å². The number of hydrogen-bond donors (Lipinski definition) is 2. The minimum Gasteiger partial charge on any atom is -0.497 e. The molecule has 1 aromatic carbocycles. The van der Waals surface area contributed by atoms with Gasteiger partial charge in [0.2, 0.25) is 10.0 Å². The summed E-state index contributed by atoms with van der Waals surface area (Å²) >= 11 is 1.63. The third-order valence-corrected chi connectivity index (χ3v) is 6.54. The molecular weight excluding hydrogens is 346 g/mol. The third kappa shape index (κ3) is 4.80. The summed E-state index contributed by atoms with van der Waals surface area (Å²) in [5.41, 5.74) is 0.645. The Hall–Kier alpha value is -1.41. The van der Waals surface area contributed by atoms with Crippen LogP contribution in [0.4, 0.5) is 0 Å². The van der Waals surface area contributed by atoms with Crippen molar-refractivity contribution in [1.29, 1.82) is 0 Å². The van der Waals surface area contributed by atoms with Crippen molar-refractivity contribution in [3.05, 3.63) is 46.2 Å². The van der Waals surface area contributed by atoms with Crippen LogP contribution in [0, 0.1) is 6.92 Å². The average molecular weight is 370 g/mol. The number of aliphatic hydroxyl groups excluding tert-OH is 1. The highest BCUT2D eigenvalue weighted by Gasteiger charge is 2.18. The van der Waals surface area contributed by atoms with Gasteiger partial charge in [-0.15, -0.1) is 11.3 Å². The van der Waals surface area contributed by atoms with Crippen LogP contribution in [0.2, 0.25) is 0 Å². The molecule has 2 N–H and O–H groups in total. The van der Waals surface area contributed by atoms with Crippen LogP contribution in [0.1, 0.15) is 29.2 Å². The van der Waals surface area contributed by atoms with Gasteiger partial charge < -0.3 is 9.84 Å². The highest BCUT2D eigenvalue weighted by Crippen LogP contribution is 2.27. The molecule has 1 aromatic heterocycles. The molecule has 0 aliphatic rings. The molecule has 132 valence electrons. The first-order valence-corrected chi connectivity index (χ1v) is 10.1. The van der Waals surface area contributed by atoms with E-state index >= 15 is 0 Å². The van der Waals surface area contributed by atoms with Gasteiger partial charge in [0.1, 0.15) is 5.75 Å². The Labute approximate surface area is 147 Å². The van der Waals surface area contributed by atoms with Crippen LogP contribution in [0.3, 0.4) is 0 Å². The molecule has 0 saturated heterocycles. The van der Waals surface area contributed by atoms with Crippen molar-refractivity contribution in [3.63, 3.8) is 0 Å². The lowest BCUT2D eigenvalue weighted by Crippen LogP contribution is -2.26. The summed E-state index contributed by atoms with van der Waals surface area (Å²) in [6.07, 6.45) is 1.28. The van der Waals surface area contributed by atoms with E-state index < -0.39 is 10.0 Å². The minimum absolute atomic E-state index is 0.0902. The number of methoxy groups -OCH3 is 1. The molecule has 0 aliphatic heterocycles. The van der Waals surface area contributed by atoms with E-state index in [1.807, 2.05) is 17.5 Å². The van der Waals surface area contributed by atoms with E-state index in [-0.39, 0.29) is 17.4 Å². The van der Waals surface area contributed by atoms with Gasteiger partial charge in [0.25, 0.3) is 0 Å². The van der Waals surface area contributed by atoms with Gasteiger partial charge in [0.15, 0.2) is 0 Å². The van der Waals surface area contributed by atoms with Crippen molar-refractivity contribution >= 4 is 21.4 Å². The molecule has 2 aromatic rings. The molecular formula is C17H23NO4S2. The summed E-state index contributed by atoms with van der Waals surface area (Å²) in [7, 11) is -2.01. The molecule has 0 spiro atoms. The molecule has 0 bridgehead atoms. The van der Waals surface area contributed by atoms with Crippen LogP contribution in [0.15, 0.2) is 40.6 Å². The normalized spacial score (nSPS) is 13.0. The van der Waals surface area contributed by atoms with Crippen molar-refractivity contribution in [1.82, 2.24) is 4.72 Å². The van der Waals surface area contributed by atoms with Crippen molar-refractivity contribution < 1.29 is 18.3 Å². The third-order valence-electron chi connectivity index (χ3n) is 3.88. The molecule has 1 atom stereocenters. The van der Waals surface area contributed by atoms with Crippen molar-refractivity contribution in [2.45, 2.75) is 30.6 Å². The molecule has 24 heavy (non-hydrogen) atoms. The lowest BCUT2D eigenvalue weighted by atomic mass is 10.0. The lowest BCUT2D eigenvalue weighted by molar-refractivity contribution is 0.273. The highest BCUT2D eigenvalue weighted by molar-refractivity contribution is 7.89. The number of thiophene rings is 1. The van der Waals surface area contributed by atoms with Gasteiger partial charge in [-0.2, -0.15) is 0 Å². The summed E-state index contributed by atoms with van der Waals surface area (Å²) in [6, 6.07) is 8.89. The van der Waals surface area contributed by atoms with Crippen LogP contribution in [0.25, 0.3) is 0 Å². The number of aliphatic hydroxyl groups is 1. The predicted molar refractivity (Wildman–Crippen MR) is 96.3 cm³/mol. The summed E-state index contributed by atoms with van der Waals surface area (Å²) in [6.45, 7) is 2.17. The smallest absolute Gasteiger partial charge is 0.240 e. The maximum Gasteiger partial charge on any atom is 0.240 e. The van der Waals surface area contributed by atoms with Crippen molar-refractivity contribution in [3.8, 4) is 5.75 Å². The van der Waals surface area contributed by atoms with Gasteiger partial charge in [0, 0.05) is 18.0 Å². The topological polar surface area (TPSA) is 75.6 Å². The Bertz CT molecular complexity index is 742. The fraction of sp³-hybridized carbons (Fsp3) is 0.412. The van der Waals surface area contributed by atoms with Crippen molar-refractivity contribution in [2.75, 3.05) is 20.3 Å². The zero-order valence-corrected chi connectivity index (χ0v) is 15.5. The molecule has 0 aliphatic carbocycles. The fourth-order valence-electron chi connectivity index (χ4n) is 2.60. The highest BCUT2D eigenvalue weighted by atomic mass is 32.2. The summed E-state index contributed by atoms with van der Waals surface area (Å²) in [5.74, 6) is 0.793. The maximum absolute atomic E-state index is 12.5. The van der Waals surface area contributed by atoms with E-state index in [0.29, 0.717) is 30.7 Å². The zero-order valence-electron chi connectivity index (χ0n) is 13.9. The Kier molecular flexibility index (Phi) is 6.79. The van der Waals surface area contributed by atoms with Crippen LogP contribution in [-0.2, 0) is 10.0 Å². The van der Waals surface area contributed by atoms with Crippen LogP contribution >= 0.6 is 11.3 Å². The second-order valence-electron chi connectivity index (χ2n) is 5.54. The summed E-state index contributed by atoms with van der Waals surface area (Å²) < 4.78 is 32.7. The van der Waals surface area contributed by atoms with Gasteiger partial charge in [-0.25, -0.2) is 13.1 Å². The van der Waals surface area contributed by atoms with Gasteiger partial charge in [-0.1, -0.05) is 6.07 Å². The second-order valence-corrected chi connectivity index (χ2v) is 8.26. The Morgan fingerprint density at radius 1 is 1.29 bits per heavy atom. The standard InChI is InChI=1S/C17H23NO4S2/c1-13-12-15(22-2)5-6-17(13)24(20,21)18-9-7-14(8-10-19)16-4-3-11-23-16/h3-6,11-12,14,18-19H,7-10H2,1-2H3/t14-/m1/s1. The van der Waals surface area contributed by atoms with Gasteiger partial charge in [0.05, 0.1) is 12.0 Å². The van der Waals surface area contributed by atoms with E-state index in [1.54, 1.807) is 43.6 Å². The molecule has 0 amide bonds. The molecule has 7 heteroatoms. The van der Waals surface area contributed by atoms with Gasteiger partial charge >= 0.3 is 0 Å². The Morgan fingerprint density at radius 2 is 2.08 bits per heavy atom. The molecule has 0 fully saturated rings. The van der Waals surface area contributed by atoms with Crippen LogP contribution in [0.5, 0.6) is 5.75 Å². The molecule has 0 saturated carbocycles. The SMILES string of the molecule is COc1ccc(S(=O)(=O)NCC[C@H](CCO)c2cccs2)c(C)c1. The number of hydrogen-bond acceptors (Lipinski definition) is 5. The molecule has 1 heterocycles. The van der Waals surface area contributed by atoms with Gasteiger partial charge in [-0.3, -0.25) is 0 Å². The average Bonchev–Trinajstić information content (AvgIpc) is 3.07. The van der Waals surface area contributed by atoms with E-state index in [9.17, 15) is 13.5 Å². The quantitative estimate of drug-likeness (QED) is 0.713. The molecule has 0 radical (unpaired) electrons. The van der Waals surface area contributed by atoms with Crippen molar-refractivity contribution in [2.24, 2.45) is 0 Å². The first kappa shape index (κ1) is 18.9. The summed E-state index contributed by atoms with van der Waals surface area (Å²) in [4.78, 5) is 1.43. The van der Waals surface area contributed by atoms with E-state index in [4.69, 9.17) is 4.74 Å². The lowest BCUT2D eigenvalue weighted by Gasteiger charge is -2.15. The van der Waals surface area contributed by atoms with E-state index in [2.05, 4.69) is 4.72 Å². The molecule has 2 rings (SSSR count). The number of sulfonamides is 1. The number of ether oxygens (including phenoxy) is 1. The zero-order chi connectivity index (χ0) is 17.6. The Morgan fingerprint density at radius 3 is 2.67 bits per heavy atom. The number of benzene rings is 1. The number of aryl methyl sites for hydroxylation is 1. The fourth-order valence-corrected chi connectivity index (χ4v) is 4.78. The predicted octanol–water partition coefficient (Wildman–Crippen LogP) is 2.90. The number of nitrogens with one attached hydrogen (secondary N) is 1. The van der Waals surface area contributed by atoms with E-state index in [0.717, 1.165) is 0 Å². The second kappa shape index (κ2) is 8.62. The van der Waals surface area contributed by atoms with Crippen LogP contribution < -0.4 is 9.46 Å². The van der Waals surface area contributed by atoms with Crippen LogP contribution in [-0.4, -0.2) is 33.8 Å². The molecule has 5 nitrogen and oxygen atoms in total. The Balaban J connectivity index is 2.02. The minimum atomic E-state index is -3.56.